The van der Waals surface area contributed by atoms with Gasteiger partial charge in [-0.05, 0) is 36.0 Å². The van der Waals surface area contributed by atoms with E-state index in [-0.39, 0.29) is 5.92 Å². The molecule has 1 fully saturated rings. The summed E-state index contributed by atoms with van der Waals surface area (Å²) in [6, 6.07) is 5.36. The van der Waals surface area contributed by atoms with E-state index < -0.39 is 5.97 Å². The Morgan fingerprint density at radius 2 is 2.33 bits per heavy atom. The molecule has 0 bridgehead atoms. The Balaban J connectivity index is 2.16. The van der Waals surface area contributed by atoms with Gasteiger partial charge in [0.05, 0.1) is 16.6 Å². The fourth-order valence-corrected chi connectivity index (χ4v) is 4.26. The fourth-order valence-electron chi connectivity index (χ4n) is 2.99. The van der Waals surface area contributed by atoms with Crippen LogP contribution >= 0.6 is 11.8 Å². The molecule has 5 heteroatoms. The second-order valence-electron chi connectivity index (χ2n) is 5.94. The van der Waals surface area contributed by atoms with Gasteiger partial charge in [-0.3, -0.25) is 0 Å². The summed E-state index contributed by atoms with van der Waals surface area (Å²) in [4.78, 5) is 16.2. The van der Waals surface area contributed by atoms with E-state index in [2.05, 4.69) is 18.4 Å². The topological polar surface area (TPSA) is 55.1 Å². The standard InChI is InChI=1S/C16H20N2O2S/c1-10(2)15-17-13-5-3-4-12(16(19)20)14(13)18(15)8-11-6-7-21-9-11/h3-5,10-11H,6-9H2,1-2H3,(H,19,20). The van der Waals surface area contributed by atoms with Gasteiger partial charge in [0.2, 0.25) is 0 Å². The number of hydrogen-bond acceptors (Lipinski definition) is 3. The number of carbonyl (C=O) groups is 1. The molecule has 0 saturated carbocycles. The zero-order chi connectivity index (χ0) is 15.0. The number of carboxylic acid groups (broad SMARTS) is 1. The molecule has 1 aliphatic heterocycles. The van der Waals surface area contributed by atoms with Gasteiger partial charge in [0.25, 0.3) is 0 Å². The van der Waals surface area contributed by atoms with Crippen LogP contribution in [-0.2, 0) is 6.54 Å². The largest absolute Gasteiger partial charge is 0.478 e. The number of rotatable bonds is 4. The summed E-state index contributed by atoms with van der Waals surface area (Å²) in [5.74, 6) is 3.39. The first-order chi connectivity index (χ1) is 10.1. The van der Waals surface area contributed by atoms with Gasteiger partial charge < -0.3 is 9.67 Å². The van der Waals surface area contributed by atoms with Gasteiger partial charge >= 0.3 is 5.97 Å². The smallest absolute Gasteiger partial charge is 0.337 e. The fraction of sp³-hybridized carbons (Fsp3) is 0.500. The van der Waals surface area contributed by atoms with Crippen molar-refractivity contribution < 1.29 is 9.90 Å². The summed E-state index contributed by atoms with van der Waals surface area (Å²) in [6.45, 7) is 5.10. The van der Waals surface area contributed by atoms with Gasteiger partial charge in [0, 0.05) is 12.5 Å². The van der Waals surface area contributed by atoms with Crippen molar-refractivity contribution in [2.24, 2.45) is 5.92 Å². The molecule has 1 aromatic carbocycles. The number of fused-ring (bicyclic) bond motifs is 1. The molecule has 0 spiro atoms. The third kappa shape index (κ3) is 2.67. The highest BCUT2D eigenvalue weighted by atomic mass is 32.2. The van der Waals surface area contributed by atoms with Crippen LogP contribution in [0.5, 0.6) is 0 Å². The number of para-hydroxylation sites is 1. The summed E-state index contributed by atoms with van der Waals surface area (Å²) in [7, 11) is 0. The molecule has 1 aromatic heterocycles. The Morgan fingerprint density at radius 1 is 1.52 bits per heavy atom. The summed E-state index contributed by atoms with van der Waals surface area (Å²) < 4.78 is 2.15. The van der Waals surface area contributed by atoms with E-state index in [1.165, 1.54) is 12.2 Å². The Bertz CT molecular complexity index is 672. The van der Waals surface area contributed by atoms with Gasteiger partial charge in [-0.15, -0.1) is 0 Å². The number of imidazole rings is 1. The molecule has 2 aromatic rings. The molecule has 1 saturated heterocycles. The molecule has 2 heterocycles. The number of nitrogens with zero attached hydrogens (tertiary/aromatic N) is 2. The maximum Gasteiger partial charge on any atom is 0.337 e. The Kier molecular flexibility index (Phi) is 3.93. The van der Waals surface area contributed by atoms with Crippen LogP contribution in [0.1, 0.15) is 42.4 Å². The van der Waals surface area contributed by atoms with Gasteiger partial charge in [0.1, 0.15) is 5.82 Å². The minimum atomic E-state index is -0.877. The summed E-state index contributed by atoms with van der Waals surface area (Å²) in [6.07, 6.45) is 1.21. The maximum atomic E-state index is 11.5. The highest BCUT2D eigenvalue weighted by Crippen LogP contribution is 2.30. The molecular formula is C16H20N2O2S. The first-order valence-corrected chi connectivity index (χ1v) is 8.53. The average Bonchev–Trinajstić information content (AvgIpc) is 3.07. The summed E-state index contributed by atoms with van der Waals surface area (Å²) >= 11 is 1.98. The zero-order valence-corrected chi connectivity index (χ0v) is 13.2. The van der Waals surface area contributed by atoms with Crippen molar-refractivity contribution in [2.75, 3.05) is 11.5 Å². The molecule has 0 aliphatic carbocycles. The number of carboxylic acids is 1. The lowest BCUT2D eigenvalue weighted by atomic mass is 10.1. The summed E-state index contributed by atoms with van der Waals surface area (Å²) in [5.41, 5.74) is 1.94. The van der Waals surface area contributed by atoms with E-state index in [1.807, 2.05) is 17.8 Å². The molecule has 1 unspecified atom stereocenters. The van der Waals surface area contributed by atoms with Crippen molar-refractivity contribution in [1.82, 2.24) is 9.55 Å². The Hall–Kier alpha value is -1.49. The number of hydrogen-bond donors (Lipinski definition) is 1. The van der Waals surface area contributed by atoms with Crippen LogP contribution in [0, 0.1) is 5.92 Å². The lowest BCUT2D eigenvalue weighted by Gasteiger charge is -2.16. The SMILES string of the molecule is CC(C)c1nc2cccc(C(=O)O)c2n1CC1CCSC1. The molecule has 1 aliphatic rings. The summed E-state index contributed by atoms with van der Waals surface area (Å²) in [5, 5.41) is 9.47. The van der Waals surface area contributed by atoms with Crippen LogP contribution in [0.4, 0.5) is 0 Å². The van der Waals surface area contributed by atoms with Crippen LogP contribution < -0.4 is 0 Å². The molecule has 4 nitrogen and oxygen atoms in total. The first-order valence-electron chi connectivity index (χ1n) is 7.38. The molecule has 3 rings (SSSR count). The van der Waals surface area contributed by atoms with E-state index >= 15 is 0 Å². The Morgan fingerprint density at radius 3 is 2.95 bits per heavy atom. The van der Waals surface area contributed by atoms with Crippen LogP contribution in [0.2, 0.25) is 0 Å². The predicted octanol–water partition coefficient (Wildman–Crippen LogP) is 3.61. The van der Waals surface area contributed by atoms with E-state index in [9.17, 15) is 9.90 Å². The van der Waals surface area contributed by atoms with Crippen LogP contribution in [0.25, 0.3) is 11.0 Å². The van der Waals surface area contributed by atoms with Gasteiger partial charge in [-0.2, -0.15) is 11.8 Å². The third-order valence-electron chi connectivity index (χ3n) is 4.01. The number of benzene rings is 1. The normalized spacial score (nSPS) is 18.7. The lowest BCUT2D eigenvalue weighted by Crippen LogP contribution is -2.15. The van der Waals surface area contributed by atoms with Gasteiger partial charge in [-0.25, -0.2) is 9.78 Å². The molecule has 1 atom stereocenters. The van der Waals surface area contributed by atoms with Crippen molar-refractivity contribution in [3.05, 3.63) is 29.6 Å². The number of aromatic nitrogens is 2. The van der Waals surface area contributed by atoms with Gasteiger partial charge in [0.15, 0.2) is 0 Å². The molecule has 0 amide bonds. The van der Waals surface area contributed by atoms with E-state index in [0.29, 0.717) is 11.5 Å². The quantitative estimate of drug-likeness (QED) is 0.937. The number of aromatic carboxylic acids is 1. The number of thioether (sulfide) groups is 1. The highest BCUT2D eigenvalue weighted by molar-refractivity contribution is 7.99. The molecule has 0 radical (unpaired) electrons. The van der Waals surface area contributed by atoms with E-state index in [4.69, 9.17) is 4.98 Å². The van der Waals surface area contributed by atoms with E-state index in [0.717, 1.165) is 29.2 Å². The van der Waals surface area contributed by atoms with Crippen molar-refractivity contribution >= 4 is 28.8 Å². The zero-order valence-electron chi connectivity index (χ0n) is 12.4. The average molecular weight is 304 g/mol. The second kappa shape index (κ2) is 5.72. The minimum absolute atomic E-state index is 0.285. The lowest BCUT2D eigenvalue weighted by molar-refractivity contribution is 0.0698. The van der Waals surface area contributed by atoms with Crippen molar-refractivity contribution in [1.29, 1.82) is 0 Å². The van der Waals surface area contributed by atoms with Gasteiger partial charge in [-0.1, -0.05) is 19.9 Å². The highest BCUT2D eigenvalue weighted by Gasteiger charge is 2.23. The van der Waals surface area contributed by atoms with Crippen LogP contribution in [0.15, 0.2) is 18.2 Å². The molecule has 21 heavy (non-hydrogen) atoms. The van der Waals surface area contributed by atoms with Crippen LogP contribution in [0.3, 0.4) is 0 Å². The minimum Gasteiger partial charge on any atom is -0.478 e. The molecule has 112 valence electrons. The van der Waals surface area contributed by atoms with Crippen molar-refractivity contribution in [3.8, 4) is 0 Å². The Labute approximate surface area is 128 Å². The maximum absolute atomic E-state index is 11.5. The molecular weight excluding hydrogens is 284 g/mol. The van der Waals surface area contributed by atoms with Crippen LogP contribution in [-0.4, -0.2) is 32.1 Å². The monoisotopic (exact) mass is 304 g/mol. The predicted molar refractivity (Wildman–Crippen MR) is 86.2 cm³/mol. The van der Waals surface area contributed by atoms with Crippen molar-refractivity contribution in [2.45, 2.75) is 32.7 Å². The molecule has 1 N–H and O–H groups in total. The van der Waals surface area contributed by atoms with E-state index in [1.54, 1.807) is 12.1 Å². The van der Waals surface area contributed by atoms with Crippen molar-refractivity contribution in [3.63, 3.8) is 0 Å². The third-order valence-corrected chi connectivity index (χ3v) is 5.24. The second-order valence-corrected chi connectivity index (χ2v) is 7.09. The first kappa shape index (κ1) is 14.4.